The van der Waals surface area contributed by atoms with Crippen LogP contribution in [0.5, 0.6) is 0 Å². The molecule has 0 fully saturated rings. The normalized spacial score (nSPS) is 13.0. The van der Waals surface area contributed by atoms with Crippen molar-refractivity contribution >= 4 is 44.6 Å². The Kier molecular flexibility index (Phi) is 5.38. The largest absolute Gasteiger partial charge is 0.322 e. The van der Waals surface area contributed by atoms with Gasteiger partial charge in [0.2, 0.25) is 0 Å². The van der Waals surface area contributed by atoms with E-state index in [0.717, 1.165) is 11.6 Å². The Bertz CT molecular complexity index is 1290. The summed E-state index contributed by atoms with van der Waals surface area (Å²) in [6.45, 7) is 0.371. The van der Waals surface area contributed by atoms with E-state index in [1.807, 2.05) is 12.1 Å². The third-order valence-corrected chi connectivity index (χ3v) is 7.10. The first kappa shape index (κ1) is 20.8. The van der Waals surface area contributed by atoms with Gasteiger partial charge in [0.1, 0.15) is 5.02 Å². The van der Waals surface area contributed by atoms with Crippen molar-refractivity contribution in [2.45, 2.75) is 11.3 Å². The van der Waals surface area contributed by atoms with Crippen molar-refractivity contribution in [1.29, 1.82) is 0 Å². The second kappa shape index (κ2) is 8.01. The van der Waals surface area contributed by atoms with Crippen LogP contribution < -0.4 is 9.62 Å². The quantitative estimate of drug-likeness (QED) is 0.455. The van der Waals surface area contributed by atoms with E-state index in [1.54, 1.807) is 12.1 Å². The van der Waals surface area contributed by atoms with Crippen molar-refractivity contribution < 1.29 is 18.1 Å². The summed E-state index contributed by atoms with van der Waals surface area (Å²) in [7, 11) is -3.74. The summed E-state index contributed by atoms with van der Waals surface area (Å²) in [5, 5.41) is 13.5. The number of nitrogens with zero attached hydrogens (tertiary/aromatic N) is 2. The van der Waals surface area contributed by atoms with Crippen LogP contribution in [0, 0.1) is 10.1 Å². The lowest BCUT2D eigenvalue weighted by atomic mass is 10.2. The molecule has 0 unspecified atom stereocenters. The zero-order chi connectivity index (χ0) is 22.2. The lowest BCUT2D eigenvalue weighted by Gasteiger charge is -2.19. The topological polar surface area (TPSA) is 110 Å². The molecule has 10 heteroatoms. The smallest absolute Gasteiger partial charge is 0.288 e. The zero-order valence-corrected chi connectivity index (χ0v) is 17.6. The average Bonchev–Trinajstić information content (AvgIpc) is 3.19. The first-order valence-corrected chi connectivity index (χ1v) is 11.1. The molecule has 0 saturated carbocycles. The number of sulfonamides is 1. The highest BCUT2D eigenvalue weighted by Crippen LogP contribution is 2.33. The molecule has 1 heterocycles. The molecule has 1 amide bonds. The average molecular weight is 458 g/mol. The lowest BCUT2D eigenvalue weighted by molar-refractivity contribution is -0.384. The van der Waals surface area contributed by atoms with Crippen LogP contribution in [0.1, 0.15) is 15.9 Å². The number of anilines is 2. The predicted molar refractivity (Wildman–Crippen MR) is 117 cm³/mol. The number of nitro groups is 1. The highest BCUT2D eigenvalue weighted by atomic mass is 35.5. The molecular weight excluding hydrogens is 442 g/mol. The highest BCUT2D eigenvalue weighted by molar-refractivity contribution is 7.92. The number of rotatable bonds is 5. The SMILES string of the molecule is O=C(Nc1ccc(S(=O)(=O)N2CCc3ccccc32)cc1)c1ccc(Cl)c([N+](=O)[O-])c1. The van der Waals surface area contributed by atoms with Crippen molar-refractivity contribution in [3.05, 3.63) is 93.0 Å². The number of hydrogen-bond acceptors (Lipinski definition) is 5. The van der Waals surface area contributed by atoms with E-state index in [-0.39, 0.29) is 21.2 Å². The Morgan fingerprint density at radius 2 is 1.77 bits per heavy atom. The van der Waals surface area contributed by atoms with Crippen LogP contribution in [0.4, 0.5) is 17.1 Å². The molecule has 158 valence electrons. The Labute approximate surface area is 183 Å². The molecular formula is C21H16ClN3O5S. The van der Waals surface area contributed by atoms with Crippen molar-refractivity contribution in [1.82, 2.24) is 0 Å². The molecule has 0 aliphatic carbocycles. The Morgan fingerprint density at radius 3 is 2.48 bits per heavy atom. The lowest BCUT2D eigenvalue weighted by Crippen LogP contribution is -2.29. The minimum absolute atomic E-state index is 0.0569. The van der Waals surface area contributed by atoms with Crippen LogP contribution in [0.15, 0.2) is 71.6 Å². The van der Waals surface area contributed by atoms with Crippen LogP contribution in [-0.4, -0.2) is 25.8 Å². The van der Waals surface area contributed by atoms with E-state index in [1.165, 1.54) is 40.7 Å². The van der Waals surface area contributed by atoms with Gasteiger partial charge in [0.05, 0.1) is 15.5 Å². The molecule has 8 nitrogen and oxygen atoms in total. The molecule has 1 aliphatic heterocycles. The van der Waals surface area contributed by atoms with Crippen LogP contribution >= 0.6 is 11.6 Å². The number of benzene rings is 3. The highest BCUT2D eigenvalue weighted by Gasteiger charge is 2.30. The number of nitro benzene ring substituents is 1. The molecule has 3 aromatic carbocycles. The van der Waals surface area contributed by atoms with Gasteiger partial charge in [-0.15, -0.1) is 0 Å². The number of carbonyl (C=O) groups is 1. The third kappa shape index (κ3) is 3.97. The number of halogens is 1. The Balaban J connectivity index is 1.53. The standard InChI is InChI=1S/C21H16ClN3O5S/c22-18-10-5-15(13-20(18)25(27)28)21(26)23-16-6-8-17(9-7-16)31(29,30)24-12-11-14-3-1-2-4-19(14)24/h1-10,13H,11-12H2,(H,23,26). The Morgan fingerprint density at radius 1 is 1.06 bits per heavy atom. The summed E-state index contributed by atoms with van der Waals surface area (Å²) >= 11 is 5.77. The molecule has 31 heavy (non-hydrogen) atoms. The van der Waals surface area contributed by atoms with Gasteiger partial charge < -0.3 is 5.32 Å². The number of nitrogens with one attached hydrogen (secondary N) is 1. The first-order valence-electron chi connectivity index (χ1n) is 9.23. The number of amides is 1. The molecule has 4 rings (SSSR count). The van der Waals surface area contributed by atoms with Crippen LogP contribution in [-0.2, 0) is 16.4 Å². The van der Waals surface area contributed by atoms with Gasteiger partial charge in [0.15, 0.2) is 0 Å². The third-order valence-electron chi connectivity index (χ3n) is 4.95. The van der Waals surface area contributed by atoms with E-state index >= 15 is 0 Å². The minimum atomic E-state index is -3.74. The molecule has 0 aromatic heterocycles. The second-order valence-electron chi connectivity index (χ2n) is 6.86. The predicted octanol–water partition coefficient (Wildman–Crippen LogP) is 4.25. The summed E-state index contributed by atoms with van der Waals surface area (Å²) < 4.78 is 27.5. The maximum absolute atomic E-state index is 13.0. The van der Waals surface area contributed by atoms with Crippen molar-refractivity contribution in [3.8, 4) is 0 Å². The molecule has 0 spiro atoms. The molecule has 1 N–H and O–H groups in total. The summed E-state index contributed by atoms with van der Waals surface area (Å²) in [4.78, 5) is 22.9. The fourth-order valence-corrected chi connectivity index (χ4v) is 5.08. The van der Waals surface area contributed by atoms with Gasteiger partial charge >= 0.3 is 0 Å². The van der Waals surface area contributed by atoms with Gasteiger partial charge in [-0.25, -0.2) is 8.42 Å². The van der Waals surface area contributed by atoms with Gasteiger partial charge in [-0.2, -0.15) is 0 Å². The van der Waals surface area contributed by atoms with E-state index in [9.17, 15) is 23.3 Å². The van der Waals surface area contributed by atoms with Crippen LogP contribution in [0.3, 0.4) is 0 Å². The van der Waals surface area contributed by atoms with E-state index in [2.05, 4.69) is 5.32 Å². The van der Waals surface area contributed by atoms with Crippen LogP contribution in [0.2, 0.25) is 5.02 Å². The van der Waals surface area contributed by atoms with Crippen molar-refractivity contribution in [3.63, 3.8) is 0 Å². The van der Waals surface area contributed by atoms with E-state index < -0.39 is 20.9 Å². The van der Waals surface area contributed by atoms with Crippen molar-refractivity contribution in [2.75, 3.05) is 16.2 Å². The van der Waals surface area contributed by atoms with Gasteiger partial charge in [-0.1, -0.05) is 29.8 Å². The van der Waals surface area contributed by atoms with Gasteiger partial charge in [0, 0.05) is 23.9 Å². The summed E-state index contributed by atoms with van der Waals surface area (Å²) in [6, 6.07) is 16.9. The fourth-order valence-electron chi connectivity index (χ4n) is 3.39. The Hall–Kier alpha value is -3.43. The van der Waals surface area contributed by atoms with Crippen molar-refractivity contribution in [2.24, 2.45) is 0 Å². The van der Waals surface area contributed by atoms with Gasteiger partial charge in [-0.05, 0) is 54.4 Å². The van der Waals surface area contributed by atoms with E-state index in [0.29, 0.717) is 24.3 Å². The number of carbonyl (C=O) groups excluding carboxylic acids is 1. The van der Waals surface area contributed by atoms with E-state index in [4.69, 9.17) is 11.6 Å². The fraction of sp³-hybridized carbons (Fsp3) is 0.0952. The molecule has 0 radical (unpaired) electrons. The molecule has 0 saturated heterocycles. The number of fused-ring (bicyclic) bond motifs is 1. The number of hydrogen-bond donors (Lipinski definition) is 1. The van der Waals surface area contributed by atoms with Gasteiger partial charge in [-0.3, -0.25) is 19.2 Å². The molecule has 1 aliphatic rings. The van der Waals surface area contributed by atoms with Gasteiger partial charge in [0.25, 0.3) is 21.6 Å². The summed E-state index contributed by atoms with van der Waals surface area (Å²) in [6.07, 6.45) is 0.650. The maximum Gasteiger partial charge on any atom is 0.288 e. The monoisotopic (exact) mass is 457 g/mol. The molecule has 0 atom stereocenters. The second-order valence-corrected chi connectivity index (χ2v) is 9.13. The summed E-state index contributed by atoms with van der Waals surface area (Å²) in [5.41, 5.74) is 1.68. The molecule has 0 bridgehead atoms. The summed E-state index contributed by atoms with van der Waals surface area (Å²) in [5.74, 6) is -0.580. The van der Waals surface area contributed by atoms with Crippen LogP contribution in [0.25, 0.3) is 0 Å². The zero-order valence-electron chi connectivity index (χ0n) is 16.0. The molecule has 3 aromatic rings. The minimum Gasteiger partial charge on any atom is -0.322 e. The maximum atomic E-state index is 13.0. The first-order chi connectivity index (χ1) is 14.8. The number of para-hydroxylation sites is 1.